The summed E-state index contributed by atoms with van der Waals surface area (Å²) in [4.78, 5) is 83.2. The number of carbonyl (C=O) groups excluding carboxylic acids is 5. The SMILES string of the molecule is C#Cc1ccc(CNC(=O)[C@@H]2C[C@H](O)CN2C(=O)[C@@H](NC(=O)CCCCCS(=O)(=O)NC(=O)c2nc(C(=O)c3cc(C)c(Nc4nc5ccccc5s4)nn3)ccc2-c2cnn(CC3(C)CC4(C)CC(C)(C)CC(OCCN5CCOCC5)(C3)C4)c2C)C(C)(C)C)cc1. The number of fused-ring (bicyclic) bond motifs is 3. The smallest absolute Gasteiger partial charge is 0.283 e. The van der Waals surface area contributed by atoms with Gasteiger partial charge in [0.05, 0.1) is 53.7 Å². The largest absolute Gasteiger partial charge is 0.391 e. The van der Waals surface area contributed by atoms with E-state index in [1.165, 1.54) is 22.3 Å². The van der Waals surface area contributed by atoms with Crippen LogP contribution in [0.5, 0.6) is 0 Å². The number of unbranched alkanes of at least 4 members (excludes halogenated alkanes) is 2. The van der Waals surface area contributed by atoms with Gasteiger partial charge < -0.3 is 35.4 Å². The van der Waals surface area contributed by atoms with Crippen molar-refractivity contribution in [3.8, 4) is 23.5 Å². The number of para-hydroxylation sites is 1. The first kappa shape index (κ1) is 68.3. The minimum Gasteiger partial charge on any atom is -0.391 e. The normalized spacial score (nSPS) is 22.6. The summed E-state index contributed by atoms with van der Waals surface area (Å²) in [6, 6.07) is 17.4. The van der Waals surface area contributed by atoms with Gasteiger partial charge in [0.1, 0.15) is 29.2 Å². The molecule has 496 valence electrons. The van der Waals surface area contributed by atoms with Gasteiger partial charge in [-0.3, -0.25) is 33.6 Å². The molecule has 5 N–H and O–H groups in total. The van der Waals surface area contributed by atoms with Crippen LogP contribution in [0, 0.1) is 47.9 Å². The third kappa shape index (κ3) is 16.7. The molecule has 2 aromatic carbocycles. The van der Waals surface area contributed by atoms with Gasteiger partial charge >= 0.3 is 0 Å². The first-order valence-electron chi connectivity index (χ1n) is 32.2. The molecule has 2 aliphatic carbocycles. The Hall–Kier alpha value is -7.53. The number of likely N-dealkylation sites (tertiary alicyclic amines) is 1. The van der Waals surface area contributed by atoms with Crippen molar-refractivity contribution in [3.63, 3.8) is 0 Å². The number of aliphatic hydroxyl groups excluding tert-OH is 1. The second-order valence-corrected chi connectivity index (χ2v) is 31.5. The molecule has 24 heteroatoms. The topological polar surface area (TPSA) is 282 Å². The van der Waals surface area contributed by atoms with Gasteiger partial charge in [-0.2, -0.15) is 5.10 Å². The minimum atomic E-state index is -4.34. The molecule has 2 saturated heterocycles. The molecule has 3 unspecified atom stereocenters. The van der Waals surface area contributed by atoms with Gasteiger partial charge in [-0.1, -0.05) is 96.4 Å². The highest BCUT2D eigenvalue weighted by Gasteiger charge is 2.58. The monoisotopic (exact) mass is 1310 g/mol. The molecule has 0 spiro atoms. The van der Waals surface area contributed by atoms with E-state index in [0.29, 0.717) is 40.8 Å². The number of hydrogen-bond donors (Lipinski definition) is 5. The highest BCUT2D eigenvalue weighted by atomic mass is 32.2. The Labute approximate surface area is 549 Å². The van der Waals surface area contributed by atoms with Crippen LogP contribution in [-0.2, 0) is 47.0 Å². The van der Waals surface area contributed by atoms with Gasteiger partial charge in [0, 0.05) is 74.5 Å². The molecule has 6 aromatic rings. The Balaban J connectivity index is 0.820. The molecule has 2 aliphatic heterocycles. The number of sulfonamides is 1. The summed E-state index contributed by atoms with van der Waals surface area (Å²) in [5.41, 5.74) is 2.63. The molecule has 6 heterocycles. The number of anilines is 2. The summed E-state index contributed by atoms with van der Waals surface area (Å²) < 4.78 is 45.7. The maximum Gasteiger partial charge on any atom is 0.283 e. The second kappa shape index (κ2) is 27.8. The van der Waals surface area contributed by atoms with Gasteiger partial charge in [-0.05, 0) is 134 Å². The Morgan fingerprint density at radius 3 is 2.37 bits per heavy atom. The lowest BCUT2D eigenvalue weighted by Gasteiger charge is -2.61. The predicted molar refractivity (Wildman–Crippen MR) is 356 cm³/mol. The van der Waals surface area contributed by atoms with Crippen LogP contribution in [0.4, 0.5) is 10.9 Å². The molecule has 4 fully saturated rings. The summed E-state index contributed by atoms with van der Waals surface area (Å²) in [6.07, 6.45) is 11.5. The first-order valence-corrected chi connectivity index (χ1v) is 34.6. The van der Waals surface area contributed by atoms with E-state index >= 15 is 0 Å². The maximum absolute atomic E-state index is 14.6. The number of terminal acetylenes is 1. The Kier molecular flexibility index (Phi) is 20.4. The van der Waals surface area contributed by atoms with Gasteiger partial charge in [0.2, 0.25) is 33.5 Å². The highest BCUT2D eigenvalue weighted by molar-refractivity contribution is 7.90. The lowest BCUT2D eigenvalue weighted by molar-refractivity contribution is -0.195. The maximum atomic E-state index is 14.6. The Morgan fingerprint density at radius 1 is 0.892 bits per heavy atom. The second-order valence-electron chi connectivity index (χ2n) is 28.6. The zero-order valence-corrected chi connectivity index (χ0v) is 56.5. The van der Waals surface area contributed by atoms with Crippen LogP contribution in [0.25, 0.3) is 21.3 Å². The molecule has 93 heavy (non-hydrogen) atoms. The molecule has 6 atom stereocenters. The van der Waals surface area contributed by atoms with E-state index in [9.17, 15) is 37.5 Å². The van der Waals surface area contributed by atoms with Gasteiger partial charge in [0.15, 0.2) is 10.9 Å². The number of ether oxygens (including phenoxy) is 2. The minimum absolute atomic E-state index is 0.00931. The van der Waals surface area contributed by atoms with Crippen molar-refractivity contribution in [2.45, 2.75) is 163 Å². The summed E-state index contributed by atoms with van der Waals surface area (Å²) in [6.45, 7) is 23.8. The molecule has 0 radical (unpaired) electrons. The van der Waals surface area contributed by atoms with Crippen molar-refractivity contribution in [1.82, 2.24) is 55.1 Å². The van der Waals surface area contributed by atoms with Crippen molar-refractivity contribution in [2.24, 2.45) is 21.7 Å². The first-order chi connectivity index (χ1) is 44.0. The van der Waals surface area contributed by atoms with E-state index in [1.54, 1.807) is 70.3 Å². The number of morpholine rings is 1. The summed E-state index contributed by atoms with van der Waals surface area (Å²) in [7, 11) is -4.34. The quantitative estimate of drug-likeness (QED) is 0.0216. The number of pyridine rings is 1. The van der Waals surface area contributed by atoms with Crippen molar-refractivity contribution < 1.29 is 47.0 Å². The van der Waals surface area contributed by atoms with Crippen molar-refractivity contribution in [2.75, 3.05) is 57.1 Å². The lowest BCUT2D eigenvalue weighted by Crippen LogP contribution is -2.57. The molecule has 2 bridgehead atoms. The van der Waals surface area contributed by atoms with Crippen LogP contribution in [0.2, 0.25) is 0 Å². The van der Waals surface area contributed by atoms with E-state index in [4.69, 9.17) is 21.0 Å². The number of thiazole rings is 1. The summed E-state index contributed by atoms with van der Waals surface area (Å²) in [5, 5.41) is 33.7. The zero-order valence-electron chi connectivity index (χ0n) is 54.9. The molecular weight excluding hydrogens is 1220 g/mol. The number of aromatic nitrogens is 6. The Morgan fingerprint density at radius 2 is 1.65 bits per heavy atom. The fraction of sp³-hybridized carbons (Fsp3) is 0.536. The van der Waals surface area contributed by atoms with E-state index in [-0.39, 0.29) is 89.7 Å². The van der Waals surface area contributed by atoms with Crippen LogP contribution < -0.4 is 20.7 Å². The van der Waals surface area contributed by atoms with E-state index in [2.05, 4.69) is 79.4 Å². The average Bonchev–Trinajstić information content (AvgIpc) is 0.820. The number of benzene rings is 2. The van der Waals surface area contributed by atoms with Gasteiger partial charge in [-0.15, -0.1) is 16.6 Å². The van der Waals surface area contributed by atoms with Gasteiger partial charge in [-0.25, -0.2) is 23.1 Å². The molecule has 4 aromatic heterocycles. The third-order valence-electron chi connectivity index (χ3n) is 18.4. The lowest BCUT2D eigenvalue weighted by atomic mass is 9.48. The number of carbonyl (C=O) groups is 5. The van der Waals surface area contributed by atoms with Crippen molar-refractivity contribution >= 4 is 71.9 Å². The van der Waals surface area contributed by atoms with Crippen LogP contribution in [0.15, 0.2) is 72.9 Å². The average molecular weight is 1310 g/mol. The van der Waals surface area contributed by atoms with Crippen molar-refractivity contribution in [1.29, 1.82) is 0 Å². The molecule has 4 aliphatic rings. The van der Waals surface area contributed by atoms with E-state index in [0.717, 1.165) is 86.4 Å². The van der Waals surface area contributed by atoms with Crippen LogP contribution in [0.1, 0.15) is 162 Å². The van der Waals surface area contributed by atoms with Crippen LogP contribution in [-0.4, -0.2) is 158 Å². The van der Waals surface area contributed by atoms with E-state index < -0.39 is 68.8 Å². The van der Waals surface area contributed by atoms with E-state index in [1.807, 2.05) is 35.9 Å². The summed E-state index contributed by atoms with van der Waals surface area (Å²) >= 11 is 1.45. The standard InChI is InChI=1S/C69H88N12O10S2/c1-11-46-20-22-47(23-21-46)35-70-61(85)54-34-48(82)37-80(54)63(87)59(65(4,5)6)74-56(83)19-13-12-16-32-93(88,89)78-62(86)57-49(24-25-52(72-57)58(84)53-33-44(2)60(77-76-53)75-64-73-51-17-14-15-18-55(51)92-64)50-36-71-81(45(50)3)43-68(10)40-67(9)38-66(7,8)39-69(41-67,42-68)91-31-28-79-26-29-90-30-27-79/h1,14-15,17-18,20-25,33,36,48,54,59,82H,12-13,16,19,26-32,34-35,37-43H2,2-10H3,(H,70,85)(H,74,83)(H,78,86)(H,73,75,77)/t48-,54-,59+,67?,68?,69?/m0/s1. The molecular formula is C69H88N12O10S2. The number of aryl methyl sites for hydroxylation is 1. The molecule has 4 amide bonds. The van der Waals surface area contributed by atoms with Crippen LogP contribution in [0.3, 0.4) is 0 Å². The number of rotatable bonds is 24. The zero-order chi connectivity index (χ0) is 66.7. The number of β-amino-alcohol motifs (C(OH)–C–C–N with tert-alkyl or cyclic N) is 1. The van der Waals surface area contributed by atoms with Gasteiger partial charge in [0.25, 0.3) is 5.91 Å². The molecule has 22 nitrogen and oxygen atoms in total. The highest BCUT2D eigenvalue weighted by Crippen LogP contribution is 2.63. The van der Waals surface area contributed by atoms with Crippen molar-refractivity contribution in [3.05, 3.63) is 112 Å². The predicted octanol–water partition coefficient (Wildman–Crippen LogP) is 8.45. The fourth-order valence-corrected chi connectivity index (χ4v) is 17.0. The molecule has 2 saturated carbocycles. The Bertz CT molecular complexity index is 3890. The third-order valence-corrected chi connectivity index (χ3v) is 20.7. The van der Waals surface area contributed by atoms with Crippen LogP contribution >= 0.6 is 11.3 Å². The fourth-order valence-electron chi connectivity index (χ4n) is 15.1. The number of aliphatic hydroxyl groups is 1. The summed E-state index contributed by atoms with van der Waals surface area (Å²) in [5.74, 6) is -0.648. The number of ketones is 1. The number of hydrogen-bond acceptors (Lipinski definition) is 18. The number of nitrogens with zero attached hydrogens (tertiary/aromatic N) is 8. The molecule has 10 rings (SSSR count). The number of nitrogens with one attached hydrogen (secondary N) is 4. The number of amides is 4.